The van der Waals surface area contributed by atoms with Crippen molar-refractivity contribution in [3.8, 4) is 5.75 Å². The van der Waals surface area contributed by atoms with Crippen molar-refractivity contribution in [2.45, 2.75) is 19.3 Å². The summed E-state index contributed by atoms with van der Waals surface area (Å²) in [7, 11) is 1.40. The van der Waals surface area contributed by atoms with Crippen molar-refractivity contribution in [1.29, 1.82) is 0 Å². The third kappa shape index (κ3) is 1.93. The van der Waals surface area contributed by atoms with Gasteiger partial charge in [-0.05, 0) is 6.92 Å². The first kappa shape index (κ1) is 9.96. The second-order valence-electron chi connectivity index (χ2n) is 3.65. The van der Waals surface area contributed by atoms with E-state index in [1.165, 1.54) is 7.11 Å². The van der Waals surface area contributed by atoms with E-state index in [1.807, 2.05) is 13.0 Å². The van der Waals surface area contributed by atoms with Gasteiger partial charge in [-0.3, -0.25) is 9.78 Å². The molecule has 1 aromatic rings. The van der Waals surface area contributed by atoms with Gasteiger partial charge >= 0.3 is 5.97 Å². The molecule has 1 unspecified atom stereocenters. The van der Waals surface area contributed by atoms with E-state index in [0.717, 1.165) is 17.0 Å². The molecular weight excluding hydrogens is 194 g/mol. The summed E-state index contributed by atoms with van der Waals surface area (Å²) in [5.41, 5.74) is 1.93. The van der Waals surface area contributed by atoms with Crippen molar-refractivity contribution in [2.24, 2.45) is 0 Å². The number of rotatable bonds is 2. The lowest BCUT2D eigenvalue weighted by atomic mass is 9.99. The third-order valence-corrected chi connectivity index (χ3v) is 2.55. The van der Waals surface area contributed by atoms with E-state index in [4.69, 9.17) is 4.74 Å². The number of hydrogen-bond donors (Lipinski definition) is 0. The first-order valence-electron chi connectivity index (χ1n) is 4.87. The number of fused-ring (bicyclic) bond motifs is 1. The smallest absolute Gasteiger partial charge is 0.306 e. The van der Waals surface area contributed by atoms with Crippen LogP contribution in [0.5, 0.6) is 5.75 Å². The predicted octanol–water partition coefficient (Wildman–Crippen LogP) is 1.43. The van der Waals surface area contributed by atoms with Crippen molar-refractivity contribution in [3.05, 3.63) is 23.5 Å². The molecule has 15 heavy (non-hydrogen) atoms. The summed E-state index contributed by atoms with van der Waals surface area (Å²) in [6, 6.07) is 1.90. The fraction of sp³-hybridized carbons (Fsp3) is 0.455. The second-order valence-corrected chi connectivity index (χ2v) is 3.65. The molecule has 1 aromatic heterocycles. The van der Waals surface area contributed by atoms with Crippen molar-refractivity contribution < 1.29 is 14.3 Å². The van der Waals surface area contributed by atoms with Crippen LogP contribution in [0.3, 0.4) is 0 Å². The molecule has 0 N–H and O–H groups in total. The van der Waals surface area contributed by atoms with E-state index in [0.29, 0.717) is 13.0 Å². The van der Waals surface area contributed by atoms with Crippen LogP contribution in [0.25, 0.3) is 0 Å². The van der Waals surface area contributed by atoms with Gasteiger partial charge in [0.05, 0.1) is 20.1 Å². The average molecular weight is 207 g/mol. The highest BCUT2D eigenvalue weighted by Gasteiger charge is 2.27. The van der Waals surface area contributed by atoms with E-state index in [9.17, 15) is 4.79 Å². The molecular formula is C11H13NO3. The molecule has 0 bridgehead atoms. The first-order chi connectivity index (χ1) is 7.20. The van der Waals surface area contributed by atoms with Gasteiger partial charge in [-0.1, -0.05) is 0 Å². The number of esters is 1. The minimum Gasteiger partial charge on any atom is -0.493 e. The third-order valence-electron chi connectivity index (χ3n) is 2.55. The molecule has 0 aliphatic carbocycles. The summed E-state index contributed by atoms with van der Waals surface area (Å²) in [5.74, 6) is 0.717. The van der Waals surface area contributed by atoms with Crippen LogP contribution in [-0.2, 0) is 9.53 Å². The summed E-state index contributed by atoms with van der Waals surface area (Å²) < 4.78 is 10.1. The molecule has 1 aliphatic rings. The Bertz CT molecular complexity index is 389. The number of nitrogens with zero attached hydrogens (tertiary/aromatic N) is 1. The molecule has 2 rings (SSSR count). The van der Waals surface area contributed by atoms with Gasteiger partial charge in [0, 0.05) is 29.4 Å². The molecule has 1 aliphatic heterocycles. The molecule has 0 spiro atoms. The zero-order valence-corrected chi connectivity index (χ0v) is 8.82. The highest BCUT2D eigenvalue weighted by Crippen LogP contribution is 2.35. The minimum atomic E-state index is -0.211. The number of pyridine rings is 1. The highest BCUT2D eigenvalue weighted by atomic mass is 16.5. The standard InChI is InChI=1S/C11H13NO3/c1-7-3-10-9(5-12-7)8(6-15-10)4-11(13)14-2/h3,5,8H,4,6H2,1-2H3. The monoisotopic (exact) mass is 207 g/mol. The van der Waals surface area contributed by atoms with Crippen LogP contribution < -0.4 is 4.74 Å². The molecule has 1 atom stereocenters. The largest absolute Gasteiger partial charge is 0.493 e. The van der Waals surface area contributed by atoms with E-state index < -0.39 is 0 Å². The summed E-state index contributed by atoms with van der Waals surface area (Å²) in [6.45, 7) is 2.45. The Balaban J connectivity index is 2.18. The molecule has 2 heterocycles. The number of hydrogen-bond acceptors (Lipinski definition) is 4. The number of carbonyl (C=O) groups is 1. The van der Waals surface area contributed by atoms with E-state index >= 15 is 0 Å². The van der Waals surface area contributed by atoms with Gasteiger partial charge in [0.15, 0.2) is 0 Å². The number of methoxy groups -OCH3 is 1. The van der Waals surface area contributed by atoms with Crippen LogP contribution in [0.2, 0.25) is 0 Å². The van der Waals surface area contributed by atoms with Crippen molar-refractivity contribution in [3.63, 3.8) is 0 Å². The van der Waals surface area contributed by atoms with Crippen LogP contribution in [-0.4, -0.2) is 24.7 Å². The van der Waals surface area contributed by atoms with Gasteiger partial charge in [-0.25, -0.2) is 0 Å². The van der Waals surface area contributed by atoms with E-state index in [1.54, 1.807) is 6.20 Å². The Morgan fingerprint density at radius 3 is 3.27 bits per heavy atom. The summed E-state index contributed by atoms with van der Waals surface area (Å²) >= 11 is 0. The molecule has 4 nitrogen and oxygen atoms in total. The molecule has 80 valence electrons. The van der Waals surface area contributed by atoms with Crippen LogP contribution in [0, 0.1) is 6.92 Å². The fourth-order valence-corrected chi connectivity index (χ4v) is 1.71. The maximum Gasteiger partial charge on any atom is 0.306 e. The normalized spacial score (nSPS) is 18.1. The predicted molar refractivity (Wildman–Crippen MR) is 53.8 cm³/mol. The highest BCUT2D eigenvalue weighted by molar-refractivity contribution is 5.70. The van der Waals surface area contributed by atoms with Gasteiger partial charge in [-0.15, -0.1) is 0 Å². The Morgan fingerprint density at radius 1 is 1.73 bits per heavy atom. The maximum atomic E-state index is 11.1. The quantitative estimate of drug-likeness (QED) is 0.688. The molecule has 0 saturated heterocycles. The SMILES string of the molecule is COC(=O)CC1COc2cc(C)ncc21. The summed E-state index contributed by atoms with van der Waals surface area (Å²) in [5, 5.41) is 0. The number of ether oxygens (including phenoxy) is 2. The minimum absolute atomic E-state index is 0.0838. The number of aromatic nitrogens is 1. The molecule has 0 saturated carbocycles. The summed E-state index contributed by atoms with van der Waals surface area (Å²) in [4.78, 5) is 15.3. The van der Waals surface area contributed by atoms with Crippen molar-refractivity contribution in [2.75, 3.05) is 13.7 Å². The lowest BCUT2D eigenvalue weighted by Crippen LogP contribution is -2.09. The Labute approximate surface area is 88.2 Å². The summed E-state index contributed by atoms with van der Waals surface area (Å²) in [6.07, 6.45) is 2.14. The van der Waals surface area contributed by atoms with Crippen LogP contribution in [0.4, 0.5) is 0 Å². The van der Waals surface area contributed by atoms with Gasteiger partial charge in [0.2, 0.25) is 0 Å². The maximum absolute atomic E-state index is 11.1. The van der Waals surface area contributed by atoms with E-state index in [2.05, 4.69) is 9.72 Å². The number of carbonyl (C=O) groups excluding carboxylic acids is 1. The average Bonchev–Trinajstić information content (AvgIpc) is 2.60. The van der Waals surface area contributed by atoms with Gasteiger partial charge in [0.1, 0.15) is 5.75 Å². The van der Waals surface area contributed by atoms with Crippen molar-refractivity contribution >= 4 is 5.97 Å². The van der Waals surface area contributed by atoms with Crippen LogP contribution in [0.1, 0.15) is 23.6 Å². The topological polar surface area (TPSA) is 48.4 Å². The first-order valence-corrected chi connectivity index (χ1v) is 4.87. The molecule has 0 aromatic carbocycles. The Kier molecular flexibility index (Phi) is 2.58. The van der Waals surface area contributed by atoms with Gasteiger partial charge < -0.3 is 9.47 Å². The zero-order valence-electron chi connectivity index (χ0n) is 8.82. The van der Waals surface area contributed by atoms with Gasteiger partial charge in [-0.2, -0.15) is 0 Å². The van der Waals surface area contributed by atoms with Crippen LogP contribution in [0.15, 0.2) is 12.3 Å². The zero-order chi connectivity index (χ0) is 10.8. The lowest BCUT2D eigenvalue weighted by Gasteiger charge is -2.05. The fourth-order valence-electron chi connectivity index (χ4n) is 1.71. The molecule has 4 heteroatoms. The number of aryl methyl sites for hydroxylation is 1. The molecule has 0 fully saturated rings. The van der Waals surface area contributed by atoms with Crippen molar-refractivity contribution in [1.82, 2.24) is 4.98 Å². The Hall–Kier alpha value is -1.58. The van der Waals surface area contributed by atoms with Crippen LogP contribution >= 0.6 is 0 Å². The molecule has 0 amide bonds. The second kappa shape index (κ2) is 3.88. The van der Waals surface area contributed by atoms with E-state index in [-0.39, 0.29) is 11.9 Å². The lowest BCUT2D eigenvalue weighted by molar-refractivity contribution is -0.141. The Morgan fingerprint density at radius 2 is 2.53 bits per heavy atom. The van der Waals surface area contributed by atoms with Gasteiger partial charge in [0.25, 0.3) is 0 Å². The molecule has 0 radical (unpaired) electrons.